The van der Waals surface area contributed by atoms with E-state index in [0.717, 1.165) is 31.9 Å². The quantitative estimate of drug-likeness (QED) is 0.814. The van der Waals surface area contributed by atoms with Gasteiger partial charge in [0.1, 0.15) is 5.76 Å². The van der Waals surface area contributed by atoms with Crippen LogP contribution in [0.5, 0.6) is 0 Å². The van der Waals surface area contributed by atoms with Crippen molar-refractivity contribution < 1.29 is 14.3 Å². The smallest absolute Gasteiger partial charge is 0.236 e. The SMILES string of the molecule is CC(O)CN1CCN(CC(=O)N(C)Cc2ccco2)CC1. The van der Waals surface area contributed by atoms with Crippen LogP contribution in [0.4, 0.5) is 0 Å². The molecule has 1 atom stereocenters. The monoisotopic (exact) mass is 295 g/mol. The van der Waals surface area contributed by atoms with Gasteiger partial charge in [0, 0.05) is 39.8 Å². The normalized spacial score (nSPS) is 18.6. The molecule has 118 valence electrons. The molecule has 1 fully saturated rings. The first-order chi connectivity index (χ1) is 10.0. The summed E-state index contributed by atoms with van der Waals surface area (Å²) in [5.74, 6) is 0.906. The molecule has 1 aromatic heterocycles. The lowest BCUT2D eigenvalue weighted by Gasteiger charge is -2.35. The second-order valence-corrected chi connectivity index (χ2v) is 5.75. The third-order valence-electron chi connectivity index (χ3n) is 3.75. The molecule has 0 radical (unpaired) electrons. The van der Waals surface area contributed by atoms with Crippen molar-refractivity contribution in [2.75, 3.05) is 46.3 Å². The van der Waals surface area contributed by atoms with E-state index in [1.807, 2.05) is 12.1 Å². The summed E-state index contributed by atoms with van der Waals surface area (Å²) in [6.45, 7) is 7.01. The fourth-order valence-electron chi connectivity index (χ4n) is 2.54. The van der Waals surface area contributed by atoms with Crippen LogP contribution in [0.2, 0.25) is 0 Å². The highest BCUT2D eigenvalue weighted by Crippen LogP contribution is 2.06. The van der Waals surface area contributed by atoms with Crippen LogP contribution in [0.15, 0.2) is 22.8 Å². The molecule has 1 saturated heterocycles. The predicted molar refractivity (Wildman–Crippen MR) is 79.7 cm³/mol. The minimum atomic E-state index is -0.294. The number of nitrogens with zero attached hydrogens (tertiary/aromatic N) is 3. The number of piperazine rings is 1. The van der Waals surface area contributed by atoms with E-state index >= 15 is 0 Å². The second-order valence-electron chi connectivity index (χ2n) is 5.75. The van der Waals surface area contributed by atoms with Crippen LogP contribution < -0.4 is 0 Å². The molecule has 1 aromatic rings. The number of rotatable bonds is 6. The average Bonchev–Trinajstić information content (AvgIpc) is 2.93. The lowest BCUT2D eigenvalue weighted by Crippen LogP contribution is -2.50. The largest absolute Gasteiger partial charge is 0.467 e. The number of carbonyl (C=O) groups is 1. The van der Waals surface area contributed by atoms with Crippen molar-refractivity contribution in [3.63, 3.8) is 0 Å². The zero-order valence-electron chi connectivity index (χ0n) is 12.9. The van der Waals surface area contributed by atoms with Crippen molar-refractivity contribution in [3.8, 4) is 0 Å². The highest BCUT2D eigenvalue weighted by atomic mass is 16.3. The van der Waals surface area contributed by atoms with Crippen LogP contribution in [-0.4, -0.2) is 78.1 Å². The van der Waals surface area contributed by atoms with E-state index < -0.39 is 0 Å². The van der Waals surface area contributed by atoms with Crippen LogP contribution in [0.25, 0.3) is 0 Å². The highest BCUT2D eigenvalue weighted by Gasteiger charge is 2.21. The van der Waals surface area contributed by atoms with Crippen molar-refractivity contribution in [2.24, 2.45) is 0 Å². The predicted octanol–water partition coefficient (Wildman–Crippen LogP) is 0.236. The fourth-order valence-corrected chi connectivity index (χ4v) is 2.54. The molecule has 0 aliphatic carbocycles. The fraction of sp³-hybridized carbons (Fsp3) is 0.667. The van der Waals surface area contributed by atoms with E-state index in [0.29, 0.717) is 19.6 Å². The van der Waals surface area contributed by atoms with Crippen molar-refractivity contribution in [3.05, 3.63) is 24.2 Å². The number of likely N-dealkylation sites (N-methyl/N-ethyl adjacent to an activating group) is 1. The lowest BCUT2D eigenvalue weighted by molar-refractivity contribution is -0.132. The Labute approximate surface area is 125 Å². The molecular weight excluding hydrogens is 270 g/mol. The van der Waals surface area contributed by atoms with Gasteiger partial charge in [-0.15, -0.1) is 0 Å². The Morgan fingerprint density at radius 3 is 2.62 bits per heavy atom. The van der Waals surface area contributed by atoms with Crippen molar-refractivity contribution in [1.82, 2.24) is 14.7 Å². The van der Waals surface area contributed by atoms with E-state index in [2.05, 4.69) is 9.80 Å². The van der Waals surface area contributed by atoms with E-state index in [4.69, 9.17) is 4.42 Å². The molecule has 2 rings (SSSR count). The molecule has 1 aliphatic rings. The summed E-state index contributed by atoms with van der Waals surface area (Å²) >= 11 is 0. The van der Waals surface area contributed by atoms with Gasteiger partial charge in [-0.25, -0.2) is 0 Å². The molecule has 1 unspecified atom stereocenters. The maximum Gasteiger partial charge on any atom is 0.236 e. The first-order valence-corrected chi connectivity index (χ1v) is 7.43. The molecule has 0 saturated carbocycles. The molecule has 1 aliphatic heterocycles. The summed E-state index contributed by atoms with van der Waals surface area (Å²) in [5, 5.41) is 9.39. The molecule has 21 heavy (non-hydrogen) atoms. The van der Waals surface area contributed by atoms with Crippen LogP contribution in [0.1, 0.15) is 12.7 Å². The van der Waals surface area contributed by atoms with Crippen LogP contribution in [0.3, 0.4) is 0 Å². The van der Waals surface area contributed by atoms with Gasteiger partial charge in [-0.05, 0) is 19.1 Å². The Hall–Kier alpha value is -1.37. The maximum atomic E-state index is 12.2. The molecular formula is C15H25N3O3. The number of aliphatic hydroxyl groups is 1. The van der Waals surface area contributed by atoms with Gasteiger partial charge in [-0.3, -0.25) is 14.6 Å². The van der Waals surface area contributed by atoms with Gasteiger partial charge in [0.05, 0.1) is 25.5 Å². The van der Waals surface area contributed by atoms with Gasteiger partial charge in [-0.1, -0.05) is 0 Å². The number of furan rings is 1. The van der Waals surface area contributed by atoms with Crippen molar-refractivity contribution in [1.29, 1.82) is 0 Å². The molecule has 0 bridgehead atoms. The number of aliphatic hydroxyl groups excluding tert-OH is 1. The van der Waals surface area contributed by atoms with Crippen LogP contribution in [-0.2, 0) is 11.3 Å². The van der Waals surface area contributed by atoms with Gasteiger partial charge >= 0.3 is 0 Å². The summed E-state index contributed by atoms with van der Waals surface area (Å²) < 4.78 is 5.26. The minimum absolute atomic E-state index is 0.107. The average molecular weight is 295 g/mol. The Morgan fingerprint density at radius 2 is 2.05 bits per heavy atom. The van der Waals surface area contributed by atoms with Crippen molar-refractivity contribution in [2.45, 2.75) is 19.6 Å². The summed E-state index contributed by atoms with van der Waals surface area (Å²) in [5.41, 5.74) is 0. The molecule has 0 spiro atoms. The van der Waals surface area contributed by atoms with Crippen LogP contribution in [0, 0.1) is 0 Å². The van der Waals surface area contributed by atoms with E-state index in [1.54, 1.807) is 25.1 Å². The van der Waals surface area contributed by atoms with Crippen LogP contribution >= 0.6 is 0 Å². The first kappa shape index (κ1) is 16.0. The lowest BCUT2D eigenvalue weighted by atomic mass is 10.2. The number of hydrogen-bond acceptors (Lipinski definition) is 5. The van der Waals surface area contributed by atoms with E-state index in [1.165, 1.54) is 0 Å². The maximum absolute atomic E-state index is 12.2. The number of β-amino-alcohol motifs (C(OH)–C–C–N with tert-alkyl or cyclic N) is 1. The number of hydrogen-bond donors (Lipinski definition) is 1. The van der Waals surface area contributed by atoms with Gasteiger partial charge in [0.25, 0.3) is 0 Å². The molecule has 6 nitrogen and oxygen atoms in total. The molecule has 1 N–H and O–H groups in total. The molecule has 0 aromatic carbocycles. The summed E-state index contributed by atoms with van der Waals surface area (Å²) in [6, 6.07) is 3.70. The Morgan fingerprint density at radius 1 is 1.38 bits per heavy atom. The topological polar surface area (TPSA) is 60.2 Å². The second kappa shape index (κ2) is 7.59. The van der Waals surface area contributed by atoms with Gasteiger partial charge in [-0.2, -0.15) is 0 Å². The Bertz CT molecular complexity index is 425. The highest BCUT2D eigenvalue weighted by molar-refractivity contribution is 5.77. The molecule has 2 heterocycles. The summed E-state index contributed by atoms with van der Waals surface area (Å²) in [4.78, 5) is 18.3. The zero-order chi connectivity index (χ0) is 15.2. The standard InChI is InChI=1S/C15H25N3O3/c1-13(19)10-17-5-7-18(8-6-17)12-15(20)16(2)11-14-4-3-9-21-14/h3-4,9,13,19H,5-8,10-12H2,1-2H3. The van der Waals surface area contributed by atoms with Crippen molar-refractivity contribution >= 4 is 5.91 Å². The third kappa shape index (κ3) is 5.15. The summed E-state index contributed by atoms with van der Waals surface area (Å²) in [6.07, 6.45) is 1.33. The third-order valence-corrected chi connectivity index (χ3v) is 3.75. The van der Waals surface area contributed by atoms with E-state index in [9.17, 15) is 9.90 Å². The van der Waals surface area contributed by atoms with Gasteiger partial charge in [0.15, 0.2) is 0 Å². The summed E-state index contributed by atoms with van der Waals surface area (Å²) in [7, 11) is 1.80. The Kier molecular flexibility index (Phi) is 5.78. The van der Waals surface area contributed by atoms with Gasteiger partial charge < -0.3 is 14.4 Å². The van der Waals surface area contributed by atoms with E-state index in [-0.39, 0.29) is 12.0 Å². The minimum Gasteiger partial charge on any atom is -0.467 e. The molecule has 1 amide bonds. The molecule has 6 heteroatoms. The van der Waals surface area contributed by atoms with Gasteiger partial charge in [0.2, 0.25) is 5.91 Å². The zero-order valence-corrected chi connectivity index (χ0v) is 12.9. The first-order valence-electron chi connectivity index (χ1n) is 7.43. The number of carbonyl (C=O) groups excluding carboxylic acids is 1. The number of amides is 1. The Balaban J connectivity index is 1.71.